The van der Waals surface area contributed by atoms with Crippen molar-refractivity contribution in [1.82, 2.24) is 0 Å². The molecule has 0 bridgehead atoms. The van der Waals surface area contributed by atoms with Gasteiger partial charge in [0.15, 0.2) is 0 Å². The molecule has 4 rings (SSSR count). The maximum Gasteiger partial charge on any atom is 0.123 e. The van der Waals surface area contributed by atoms with Gasteiger partial charge in [-0.25, -0.2) is 4.39 Å². The van der Waals surface area contributed by atoms with Crippen LogP contribution in [0.2, 0.25) is 0 Å². The highest BCUT2D eigenvalue weighted by atomic mass is 19.1. The summed E-state index contributed by atoms with van der Waals surface area (Å²) in [5.41, 5.74) is 7.19. The molecule has 0 spiro atoms. The second-order valence-corrected chi connectivity index (χ2v) is 8.14. The molecule has 0 aliphatic carbocycles. The molecule has 0 saturated carbocycles. The molecule has 4 aromatic rings. The molecule has 0 aromatic heterocycles. The molecule has 0 fully saturated rings. The summed E-state index contributed by atoms with van der Waals surface area (Å²) in [6.45, 7) is 2.28. The van der Waals surface area contributed by atoms with Gasteiger partial charge >= 0.3 is 0 Å². The molecule has 0 N–H and O–H groups in total. The first-order valence-electron chi connectivity index (χ1n) is 11.0. The van der Waals surface area contributed by atoms with Gasteiger partial charge in [-0.15, -0.1) is 0 Å². The van der Waals surface area contributed by atoms with E-state index in [1.165, 1.54) is 28.8 Å². The van der Waals surface area contributed by atoms with Crippen LogP contribution in [0.25, 0.3) is 24.3 Å². The van der Waals surface area contributed by atoms with Gasteiger partial charge in [0.05, 0.1) is 0 Å². The van der Waals surface area contributed by atoms with Crippen LogP contribution in [0.3, 0.4) is 0 Å². The third-order valence-electron chi connectivity index (χ3n) is 5.63. The predicted octanol–water partition coefficient (Wildman–Crippen LogP) is 8.51. The molecule has 0 saturated heterocycles. The highest BCUT2D eigenvalue weighted by molar-refractivity contribution is 5.73. The van der Waals surface area contributed by atoms with Crippen molar-refractivity contribution in [1.29, 1.82) is 0 Å². The number of hydrogen-bond donors (Lipinski definition) is 0. The summed E-state index contributed by atoms with van der Waals surface area (Å²) in [7, 11) is 0. The lowest BCUT2D eigenvalue weighted by molar-refractivity contribution is 0.628. The van der Waals surface area contributed by atoms with E-state index in [0.717, 1.165) is 23.1 Å². The minimum atomic E-state index is -0.213. The molecule has 0 nitrogen and oxygen atoms in total. The van der Waals surface area contributed by atoms with Gasteiger partial charge in [0.1, 0.15) is 5.82 Å². The largest absolute Gasteiger partial charge is 0.207 e. The lowest BCUT2D eigenvalue weighted by Gasteiger charge is -2.12. The van der Waals surface area contributed by atoms with E-state index in [9.17, 15) is 4.39 Å². The predicted molar refractivity (Wildman–Crippen MR) is 136 cm³/mol. The fraction of sp³-hybridized carbons (Fsp3) is 0.0968. The molecule has 1 atom stereocenters. The first-order valence-corrected chi connectivity index (χ1v) is 11.0. The Hall–Kier alpha value is -3.71. The maximum absolute atomic E-state index is 13.0. The molecule has 0 radical (unpaired) electrons. The topological polar surface area (TPSA) is 0 Å². The zero-order chi connectivity index (χ0) is 22.2. The molecule has 158 valence electrons. The summed E-state index contributed by atoms with van der Waals surface area (Å²) in [6.07, 6.45) is 9.35. The Morgan fingerprint density at radius 2 is 0.969 bits per heavy atom. The second kappa shape index (κ2) is 10.5. The molecule has 0 heterocycles. The minimum absolute atomic E-state index is 0.213. The Morgan fingerprint density at radius 3 is 1.44 bits per heavy atom. The van der Waals surface area contributed by atoms with Crippen LogP contribution < -0.4 is 0 Å². The number of benzene rings is 4. The Labute approximate surface area is 190 Å². The first-order chi connectivity index (χ1) is 15.7. The summed E-state index contributed by atoms with van der Waals surface area (Å²) in [6, 6.07) is 34.4. The maximum atomic E-state index is 13.0. The lowest BCUT2D eigenvalue weighted by Crippen LogP contribution is -1.98. The zero-order valence-electron chi connectivity index (χ0n) is 18.3. The standard InChI is InChI=1S/C31H27F/c1-24(30-5-3-2-4-6-30)23-29-17-15-27(16-18-29)12-11-25-7-9-26(10-8-25)13-14-28-19-21-31(32)22-20-28/h2-22,24H,23H2,1H3/t24-/m0/s1. The van der Waals surface area contributed by atoms with Crippen LogP contribution in [-0.2, 0) is 6.42 Å². The SMILES string of the molecule is C[C@@H](Cc1ccc(C=Cc2ccc(C=Cc3ccc(F)cc3)cc2)cc1)c1ccccc1. The molecule has 4 aromatic carbocycles. The summed E-state index contributed by atoms with van der Waals surface area (Å²) in [5.74, 6) is 0.294. The average molecular weight is 419 g/mol. The summed E-state index contributed by atoms with van der Waals surface area (Å²) >= 11 is 0. The van der Waals surface area contributed by atoms with Crippen molar-refractivity contribution in [3.8, 4) is 0 Å². The van der Waals surface area contributed by atoms with Gasteiger partial charge in [-0.3, -0.25) is 0 Å². The molecule has 1 heteroatoms. The van der Waals surface area contributed by atoms with Crippen LogP contribution in [-0.4, -0.2) is 0 Å². The van der Waals surface area contributed by atoms with Crippen molar-refractivity contribution < 1.29 is 4.39 Å². The van der Waals surface area contributed by atoms with E-state index in [0.29, 0.717) is 5.92 Å². The Morgan fingerprint density at radius 1 is 0.562 bits per heavy atom. The van der Waals surface area contributed by atoms with Crippen LogP contribution in [0.1, 0.15) is 46.2 Å². The van der Waals surface area contributed by atoms with E-state index in [1.54, 1.807) is 12.1 Å². The second-order valence-electron chi connectivity index (χ2n) is 8.14. The summed E-state index contributed by atoms with van der Waals surface area (Å²) in [4.78, 5) is 0. The van der Waals surface area contributed by atoms with Gasteiger partial charge in [-0.05, 0) is 57.9 Å². The first kappa shape index (κ1) is 21.5. The van der Waals surface area contributed by atoms with E-state index in [2.05, 4.69) is 97.9 Å². The van der Waals surface area contributed by atoms with Crippen LogP contribution in [0.4, 0.5) is 4.39 Å². The zero-order valence-corrected chi connectivity index (χ0v) is 18.3. The Balaban J connectivity index is 1.34. The molecule has 0 unspecified atom stereocenters. The van der Waals surface area contributed by atoms with Crippen molar-refractivity contribution >= 4 is 24.3 Å². The quantitative estimate of drug-likeness (QED) is 0.264. The number of hydrogen-bond acceptors (Lipinski definition) is 0. The van der Waals surface area contributed by atoms with Gasteiger partial charge in [0, 0.05) is 0 Å². The third kappa shape index (κ3) is 6.15. The Bertz CT molecular complexity index is 1170. The van der Waals surface area contributed by atoms with Gasteiger partial charge in [0.25, 0.3) is 0 Å². The van der Waals surface area contributed by atoms with Crippen LogP contribution >= 0.6 is 0 Å². The van der Waals surface area contributed by atoms with Gasteiger partial charge in [-0.2, -0.15) is 0 Å². The monoisotopic (exact) mass is 418 g/mol. The van der Waals surface area contributed by atoms with Crippen molar-refractivity contribution in [3.63, 3.8) is 0 Å². The highest BCUT2D eigenvalue weighted by Crippen LogP contribution is 2.21. The lowest BCUT2D eigenvalue weighted by atomic mass is 9.93. The van der Waals surface area contributed by atoms with Crippen LogP contribution in [0.5, 0.6) is 0 Å². The third-order valence-corrected chi connectivity index (χ3v) is 5.63. The molecule has 32 heavy (non-hydrogen) atoms. The smallest absolute Gasteiger partial charge is 0.123 e. The summed E-state index contributed by atoms with van der Waals surface area (Å²) < 4.78 is 13.0. The highest BCUT2D eigenvalue weighted by Gasteiger charge is 2.05. The van der Waals surface area contributed by atoms with E-state index < -0.39 is 0 Å². The molecule has 0 amide bonds. The van der Waals surface area contributed by atoms with Crippen molar-refractivity contribution in [2.75, 3.05) is 0 Å². The van der Waals surface area contributed by atoms with E-state index in [-0.39, 0.29) is 5.82 Å². The summed E-state index contributed by atoms with van der Waals surface area (Å²) in [5, 5.41) is 0. The van der Waals surface area contributed by atoms with Gasteiger partial charge < -0.3 is 0 Å². The minimum Gasteiger partial charge on any atom is -0.207 e. The molecular weight excluding hydrogens is 391 g/mol. The molecule has 0 aliphatic rings. The van der Waals surface area contributed by atoms with E-state index in [4.69, 9.17) is 0 Å². The van der Waals surface area contributed by atoms with Crippen molar-refractivity contribution in [2.45, 2.75) is 19.3 Å². The molecule has 0 aliphatic heterocycles. The fourth-order valence-electron chi connectivity index (χ4n) is 3.69. The van der Waals surface area contributed by atoms with Crippen LogP contribution in [0, 0.1) is 5.82 Å². The number of halogens is 1. The fourth-order valence-corrected chi connectivity index (χ4v) is 3.69. The van der Waals surface area contributed by atoms with Gasteiger partial charge in [-0.1, -0.05) is 122 Å². The van der Waals surface area contributed by atoms with E-state index in [1.807, 2.05) is 12.2 Å². The normalized spacial score (nSPS) is 12.4. The van der Waals surface area contributed by atoms with Crippen molar-refractivity contribution in [2.24, 2.45) is 0 Å². The van der Waals surface area contributed by atoms with Crippen molar-refractivity contribution in [3.05, 3.63) is 142 Å². The number of rotatable bonds is 7. The Kier molecular flexibility index (Phi) is 7.09. The van der Waals surface area contributed by atoms with Crippen LogP contribution in [0.15, 0.2) is 103 Å². The average Bonchev–Trinajstić information content (AvgIpc) is 2.84. The van der Waals surface area contributed by atoms with Gasteiger partial charge in [0.2, 0.25) is 0 Å². The van der Waals surface area contributed by atoms with E-state index >= 15 is 0 Å². The molecular formula is C31H27F.